The van der Waals surface area contributed by atoms with Gasteiger partial charge in [-0.1, -0.05) is 11.2 Å². The highest BCUT2D eigenvalue weighted by Gasteiger charge is 2.26. The number of hydrogen-bond acceptors (Lipinski definition) is 7. The van der Waals surface area contributed by atoms with E-state index in [2.05, 4.69) is 10.5 Å². The fraction of sp³-hybridized carbons (Fsp3) is 0.409. The minimum atomic E-state index is -0.836. The maximum Gasteiger partial charge on any atom is 0.331 e. The summed E-state index contributed by atoms with van der Waals surface area (Å²) in [7, 11) is 1.54. The number of ether oxygens (including phenoxy) is 3. The molecule has 8 nitrogen and oxygen atoms in total. The van der Waals surface area contributed by atoms with Crippen LogP contribution in [-0.2, 0) is 20.9 Å². The molecule has 1 fully saturated rings. The maximum atomic E-state index is 12.0. The lowest BCUT2D eigenvalue weighted by atomic mass is 10.2. The quantitative estimate of drug-likeness (QED) is 0.497. The fourth-order valence-corrected chi connectivity index (χ4v) is 2.74. The van der Waals surface area contributed by atoms with Crippen LogP contribution in [0.1, 0.15) is 42.3 Å². The second-order valence-corrected chi connectivity index (χ2v) is 7.20. The highest BCUT2D eigenvalue weighted by atomic mass is 16.5. The van der Waals surface area contributed by atoms with Crippen molar-refractivity contribution in [2.24, 2.45) is 0 Å². The monoisotopic (exact) mass is 414 g/mol. The number of hydrogen-bond donors (Lipinski definition) is 1. The van der Waals surface area contributed by atoms with Crippen molar-refractivity contribution in [3.8, 4) is 11.5 Å². The molecular weight excluding hydrogens is 388 g/mol. The molecule has 1 aromatic heterocycles. The minimum Gasteiger partial charge on any atom is -0.493 e. The Morgan fingerprint density at radius 1 is 1.30 bits per heavy atom. The molecule has 1 aliphatic carbocycles. The third-order valence-corrected chi connectivity index (χ3v) is 4.74. The SMILES string of the molecule is COc1cc(/C=C/C(=O)O[C@@H](C)C(=O)NC2CC2)ccc1OCc1c(C)noc1C. The third kappa shape index (κ3) is 5.62. The number of esters is 1. The number of methoxy groups -OCH3 is 1. The van der Waals surface area contributed by atoms with E-state index in [-0.39, 0.29) is 11.9 Å². The lowest BCUT2D eigenvalue weighted by Crippen LogP contribution is -2.36. The van der Waals surface area contributed by atoms with Crippen LogP contribution in [0.15, 0.2) is 28.8 Å². The maximum absolute atomic E-state index is 12.0. The number of aryl methyl sites for hydroxylation is 2. The smallest absolute Gasteiger partial charge is 0.331 e. The predicted molar refractivity (Wildman–Crippen MR) is 109 cm³/mol. The summed E-state index contributed by atoms with van der Waals surface area (Å²) in [5.41, 5.74) is 2.40. The van der Waals surface area contributed by atoms with Crippen molar-refractivity contribution in [1.82, 2.24) is 10.5 Å². The van der Waals surface area contributed by atoms with Crippen LogP contribution in [-0.4, -0.2) is 36.3 Å². The van der Waals surface area contributed by atoms with Crippen molar-refractivity contribution < 1.29 is 28.3 Å². The van der Waals surface area contributed by atoms with Crippen LogP contribution in [0.2, 0.25) is 0 Å². The average molecular weight is 414 g/mol. The summed E-state index contributed by atoms with van der Waals surface area (Å²) in [6, 6.07) is 5.52. The van der Waals surface area contributed by atoms with Crippen molar-refractivity contribution in [3.05, 3.63) is 46.9 Å². The molecule has 1 atom stereocenters. The molecule has 1 heterocycles. The summed E-state index contributed by atoms with van der Waals surface area (Å²) in [5.74, 6) is 0.925. The Morgan fingerprint density at radius 3 is 2.70 bits per heavy atom. The van der Waals surface area contributed by atoms with Crippen LogP contribution >= 0.6 is 0 Å². The minimum absolute atomic E-state index is 0.222. The number of carbonyl (C=O) groups is 2. The van der Waals surface area contributed by atoms with Gasteiger partial charge in [0.15, 0.2) is 17.6 Å². The first-order chi connectivity index (χ1) is 14.4. The Labute approximate surface area is 175 Å². The molecule has 0 bridgehead atoms. The molecule has 0 spiro atoms. The van der Waals surface area contributed by atoms with Crippen molar-refractivity contribution in [2.45, 2.75) is 52.4 Å². The van der Waals surface area contributed by atoms with Gasteiger partial charge in [0.05, 0.1) is 18.4 Å². The average Bonchev–Trinajstić information content (AvgIpc) is 3.49. The summed E-state index contributed by atoms with van der Waals surface area (Å²) in [6.45, 7) is 5.55. The molecular formula is C22H26N2O6. The molecule has 0 aliphatic heterocycles. The molecule has 0 saturated heterocycles. The zero-order valence-corrected chi connectivity index (χ0v) is 17.6. The molecule has 3 rings (SSSR count). The van der Waals surface area contributed by atoms with Gasteiger partial charge in [-0.15, -0.1) is 0 Å². The van der Waals surface area contributed by atoms with Crippen LogP contribution < -0.4 is 14.8 Å². The third-order valence-electron chi connectivity index (χ3n) is 4.74. The lowest BCUT2D eigenvalue weighted by Gasteiger charge is -2.12. The molecule has 1 aromatic carbocycles. The van der Waals surface area contributed by atoms with Crippen LogP contribution in [0.4, 0.5) is 0 Å². The number of benzene rings is 1. The second-order valence-electron chi connectivity index (χ2n) is 7.20. The van der Waals surface area contributed by atoms with Gasteiger partial charge in [0.1, 0.15) is 12.4 Å². The summed E-state index contributed by atoms with van der Waals surface area (Å²) < 4.78 is 21.5. The van der Waals surface area contributed by atoms with Gasteiger partial charge < -0.3 is 24.1 Å². The molecule has 8 heteroatoms. The summed E-state index contributed by atoms with van der Waals surface area (Å²) in [6.07, 6.45) is 3.99. The molecule has 1 saturated carbocycles. The molecule has 2 aromatic rings. The number of aromatic nitrogens is 1. The molecule has 1 amide bonds. The number of nitrogens with one attached hydrogen (secondary N) is 1. The lowest BCUT2D eigenvalue weighted by molar-refractivity contribution is -0.150. The van der Waals surface area contributed by atoms with E-state index in [1.165, 1.54) is 6.08 Å². The number of nitrogens with zero attached hydrogens (tertiary/aromatic N) is 1. The Balaban J connectivity index is 1.58. The van der Waals surface area contributed by atoms with Gasteiger partial charge >= 0.3 is 5.97 Å². The highest BCUT2D eigenvalue weighted by Crippen LogP contribution is 2.30. The topological polar surface area (TPSA) is 99.9 Å². The normalized spacial score (nSPS) is 14.4. The Morgan fingerprint density at radius 2 is 2.07 bits per heavy atom. The van der Waals surface area contributed by atoms with E-state index in [4.69, 9.17) is 18.7 Å². The van der Waals surface area contributed by atoms with E-state index in [0.29, 0.717) is 23.9 Å². The van der Waals surface area contributed by atoms with E-state index in [1.807, 2.05) is 13.8 Å². The molecule has 1 aliphatic rings. The van der Waals surface area contributed by atoms with Gasteiger partial charge in [0.2, 0.25) is 0 Å². The number of amides is 1. The van der Waals surface area contributed by atoms with Gasteiger partial charge in [0.25, 0.3) is 5.91 Å². The Kier molecular flexibility index (Phi) is 6.76. The predicted octanol–water partition coefficient (Wildman–Crippen LogP) is 3.10. The van der Waals surface area contributed by atoms with Crippen molar-refractivity contribution in [1.29, 1.82) is 0 Å². The first kappa shape index (κ1) is 21.4. The van der Waals surface area contributed by atoms with Crippen molar-refractivity contribution in [2.75, 3.05) is 7.11 Å². The largest absolute Gasteiger partial charge is 0.493 e. The second kappa shape index (κ2) is 9.47. The van der Waals surface area contributed by atoms with E-state index >= 15 is 0 Å². The standard InChI is InChI=1S/C22H26N2O6/c1-13-18(14(2)30-24-13)12-28-19-9-5-16(11-20(19)27-4)6-10-21(25)29-15(3)22(26)23-17-7-8-17/h5-6,9-11,15,17H,7-8,12H2,1-4H3,(H,23,26)/b10-6+/t15-/m0/s1. The molecule has 30 heavy (non-hydrogen) atoms. The first-order valence-electron chi connectivity index (χ1n) is 9.79. The molecule has 160 valence electrons. The first-order valence-corrected chi connectivity index (χ1v) is 9.79. The Hall–Kier alpha value is -3.29. The number of rotatable bonds is 9. The van der Waals surface area contributed by atoms with Crippen LogP contribution in [0.25, 0.3) is 6.08 Å². The van der Waals surface area contributed by atoms with Gasteiger partial charge in [-0.05, 0) is 57.4 Å². The van der Waals surface area contributed by atoms with Gasteiger partial charge in [-0.25, -0.2) is 4.79 Å². The van der Waals surface area contributed by atoms with Crippen molar-refractivity contribution >= 4 is 18.0 Å². The van der Waals surface area contributed by atoms with Crippen LogP contribution in [0.5, 0.6) is 11.5 Å². The zero-order valence-electron chi connectivity index (χ0n) is 17.6. The summed E-state index contributed by atoms with van der Waals surface area (Å²) in [5, 5.41) is 6.71. The summed E-state index contributed by atoms with van der Waals surface area (Å²) in [4.78, 5) is 23.9. The van der Waals surface area contributed by atoms with E-state index in [9.17, 15) is 9.59 Å². The summed E-state index contributed by atoms with van der Waals surface area (Å²) >= 11 is 0. The Bertz CT molecular complexity index is 926. The van der Waals surface area contributed by atoms with Gasteiger partial charge in [-0.3, -0.25) is 4.79 Å². The molecule has 0 unspecified atom stereocenters. The molecule has 0 radical (unpaired) electrons. The van der Waals surface area contributed by atoms with E-state index in [1.54, 1.807) is 38.3 Å². The molecule has 1 N–H and O–H groups in total. The zero-order chi connectivity index (χ0) is 21.7. The van der Waals surface area contributed by atoms with E-state index < -0.39 is 12.1 Å². The van der Waals surface area contributed by atoms with Gasteiger partial charge in [0, 0.05) is 12.1 Å². The fourth-order valence-electron chi connectivity index (χ4n) is 2.74. The highest BCUT2D eigenvalue weighted by molar-refractivity contribution is 5.90. The van der Waals surface area contributed by atoms with Gasteiger partial charge in [-0.2, -0.15) is 0 Å². The van der Waals surface area contributed by atoms with Crippen molar-refractivity contribution in [3.63, 3.8) is 0 Å². The van der Waals surface area contributed by atoms with Crippen LogP contribution in [0, 0.1) is 13.8 Å². The number of carbonyl (C=O) groups excluding carboxylic acids is 2. The van der Waals surface area contributed by atoms with E-state index in [0.717, 1.165) is 29.7 Å². The van der Waals surface area contributed by atoms with Crippen LogP contribution in [0.3, 0.4) is 0 Å².